The van der Waals surface area contributed by atoms with E-state index in [0.29, 0.717) is 6.04 Å². The Balaban J connectivity index is 2.63. The molecule has 2 unspecified atom stereocenters. The fraction of sp³-hybridized carbons (Fsp3) is 0.500. The third-order valence-corrected chi connectivity index (χ3v) is 3.27. The fourth-order valence-electron chi connectivity index (χ4n) is 1.30. The molecule has 15 heavy (non-hydrogen) atoms. The second-order valence-electron chi connectivity index (χ2n) is 3.61. The molecule has 0 aliphatic rings. The summed E-state index contributed by atoms with van der Waals surface area (Å²) >= 11 is 1.75. The highest BCUT2D eigenvalue weighted by molar-refractivity contribution is 7.98. The molecule has 0 saturated carbocycles. The van der Waals surface area contributed by atoms with E-state index in [4.69, 9.17) is 4.74 Å². The van der Waals surface area contributed by atoms with Crippen LogP contribution in [0.4, 0.5) is 5.69 Å². The molecule has 0 fully saturated rings. The SMILES string of the molecule is COC(C)C(C)Nc1cccc(SC)c1. The van der Waals surface area contributed by atoms with Crippen LogP contribution in [0.15, 0.2) is 29.2 Å². The zero-order valence-corrected chi connectivity index (χ0v) is 10.6. The van der Waals surface area contributed by atoms with Crippen molar-refractivity contribution >= 4 is 17.4 Å². The van der Waals surface area contributed by atoms with Gasteiger partial charge in [0.05, 0.1) is 6.10 Å². The average Bonchev–Trinajstić information content (AvgIpc) is 2.28. The number of thioether (sulfide) groups is 1. The highest BCUT2D eigenvalue weighted by atomic mass is 32.2. The molecule has 1 rings (SSSR count). The standard InChI is InChI=1S/C12H19NOS/c1-9(10(2)14-3)13-11-6-5-7-12(8-11)15-4/h5-10,13H,1-4H3. The van der Waals surface area contributed by atoms with Crippen molar-refractivity contribution in [3.05, 3.63) is 24.3 Å². The molecule has 0 aliphatic carbocycles. The summed E-state index contributed by atoms with van der Waals surface area (Å²) in [5.41, 5.74) is 1.15. The summed E-state index contributed by atoms with van der Waals surface area (Å²) < 4.78 is 5.27. The van der Waals surface area contributed by atoms with Gasteiger partial charge in [-0.2, -0.15) is 0 Å². The number of methoxy groups -OCH3 is 1. The Morgan fingerprint density at radius 1 is 1.33 bits per heavy atom. The summed E-state index contributed by atoms with van der Waals surface area (Å²) in [7, 11) is 1.74. The molecule has 0 aliphatic heterocycles. The van der Waals surface area contributed by atoms with Gasteiger partial charge in [0.15, 0.2) is 0 Å². The first-order valence-electron chi connectivity index (χ1n) is 5.10. The van der Waals surface area contributed by atoms with Gasteiger partial charge in [-0.3, -0.25) is 0 Å². The van der Waals surface area contributed by atoms with E-state index in [1.54, 1.807) is 18.9 Å². The van der Waals surface area contributed by atoms with Crippen LogP contribution in [0.2, 0.25) is 0 Å². The van der Waals surface area contributed by atoms with E-state index in [1.165, 1.54) is 4.90 Å². The molecule has 84 valence electrons. The minimum Gasteiger partial charge on any atom is -0.380 e. The summed E-state index contributed by atoms with van der Waals surface area (Å²) in [6.07, 6.45) is 2.29. The van der Waals surface area contributed by atoms with Crippen molar-refractivity contribution in [1.82, 2.24) is 0 Å². The number of hydrogen-bond donors (Lipinski definition) is 1. The molecule has 0 radical (unpaired) electrons. The minimum absolute atomic E-state index is 0.211. The number of benzene rings is 1. The van der Waals surface area contributed by atoms with Crippen LogP contribution >= 0.6 is 11.8 Å². The van der Waals surface area contributed by atoms with Gasteiger partial charge in [0.25, 0.3) is 0 Å². The van der Waals surface area contributed by atoms with Crippen molar-refractivity contribution in [2.45, 2.75) is 30.9 Å². The van der Waals surface area contributed by atoms with E-state index < -0.39 is 0 Å². The molecule has 3 heteroatoms. The molecule has 1 aromatic rings. The Labute approximate surface area is 96.4 Å². The van der Waals surface area contributed by atoms with E-state index in [-0.39, 0.29) is 6.10 Å². The second kappa shape index (κ2) is 6.03. The Kier molecular flexibility index (Phi) is 4.99. The lowest BCUT2D eigenvalue weighted by molar-refractivity contribution is 0.106. The highest BCUT2D eigenvalue weighted by Crippen LogP contribution is 2.20. The summed E-state index contributed by atoms with van der Waals surface area (Å²) in [6, 6.07) is 8.73. The predicted octanol–water partition coefficient (Wildman–Crippen LogP) is 3.24. The molecule has 2 atom stereocenters. The van der Waals surface area contributed by atoms with Gasteiger partial charge < -0.3 is 10.1 Å². The lowest BCUT2D eigenvalue weighted by Crippen LogP contribution is -2.29. The summed E-state index contributed by atoms with van der Waals surface area (Å²) in [5, 5.41) is 3.43. The Morgan fingerprint density at radius 3 is 2.67 bits per heavy atom. The Hall–Kier alpha value is -0.670. The summed E-state index contributed by atoms with van der Waals surface area (Å²) in [5.74, 6) is 0. The molecule has 0 amide bonds. The largest absolute Gasteiger partial charge is 0.380 e. The van der Waals surface area contributed by atoms with E-state index in [1.807, 2.05) is 0 Å². The van der Waals surface area contributed by atoms with Gasteiger partial charge in [-0.05, 0) is 38.3 Å². The molecule has 0 heterocycles. The van der Waals surface area contributed by atoms with Gasteiger partial charge in [-0.15, -0.1) is 11.8 Å². The van der Waals surface area contributed by atoms with E-state index in [0.717, 1.165) is 5.69 Å². The molecule has 0 aromatic heterocycles. The van der Waals surface area contributed by atoms with Crippen molar-refractivity contribution in [2.75, 3.05) is 18.7 Å². The third-order valence-electron chi connectivity index (χ3n) is 2.54. The van der Waals surface area contributed by atoms with Gasteiger partial charge in [0, 0.05) is 23.7 Å². The zero-order chi connectivity index (χ0) is 11.3. The van der Waals surface area contributed by atoms with Gasteiger partial charge in [0.2, 0.25) is 0 Å². The van der Waals surface area contributed by atoms with E-state index in [9.17, 15) is 0 Å². The van der Waals surface area contributed by atoms with Crippen molar-refractivity contribution in [1.29, 1.82) is 0 Å². The van der Waals surface area contributed by atoms with Crippen LogP contribution in [-0.2, 0) is 4.74 Å². The molecular formula is C12H19NOS. The summed E-state index contributed by atoms with van der Waals surface area (Å²) in [4.78, 5) is 1.28. The molecule has 0 saturated heterocycles. The van der Waals surface area contributed by atoms with Crippen LogP contribution in [0, 0.1) is 0 Å². The molecular weight excluding hydrogens is 206 g/mol. The van der Waals surface area contributed by atoms with Crippen molar-refractivity contribution < 1.29 is 4.74 Å². The lowest BCUT2D eigenvalue weighted by Gasteiger charge is -2.21. The fourth-order valence-corrected chi connectivity index (χ4v) is 1.76. The summed E-state index contributed by atoms with van der Waals surface area (Å²) in [6.45, 7) is 4.19. The maximum atomic E-state index is 5.27. The molecule has 0 bridgehead atoms. The quantitative estimate of drug-likeness (QED) is 0.777. The number of anilines is 1. The highest BCUT2D eigenvalue weighted by Gasteiger charge is 2.10. The number of ether oxygens (including phenoxy) is 1. The Morgan fingerprint density at radius 2 is 2.07 bits per heavy atom. The Bertz CT molecular complexity index is 303. The first-order valence-corrected chi connectivity index (χ1v) is 6.33. The lowest BCUT2D eigenvalue weighted by atomic mass is 10.2. The van der Waals surface area contributed by atoms with Crippen LogP contribution in [0.3, 0.4) is 0 Å². The number of nitrogens with one attached hydrogen (secondary N) is 1. The zero-order valence-electron chi connectivity index (χ0n) is 9.78. The maximum absolute atomic E-state index is 5.27. The first-order chi connectivity index (χ1) is 7.17. The number of hydrogen-bond acceptors (Lipinski definition) is 3. The molecule has 0 spiro atoms. The van der Waals surface area contributed by atoms with Crippen molar-refractivity contribution in [3.8, 4) is 0 Å². The monoisotopic (exact) mass is 225 g/mol. The van der Waals surface area contributed by atoms with Gasteiger partial charge in [-0.1, -0.05) is 6.07 Å². The second-order valence-corrected chi connectivity index (χ2v) is 4.49. The minimum atomic E-state index is 0.211. The van der Waals surface area contributed by atoms with Crippen LogP contribution in [-0.4, -0.2) is 25.5 Å². The van der Waals surface area contributed by atoms with Gasteiger partial charge >= 0.3 is 0 Å². The molecule has 1 N–H and O–H groups in total. The van der Waals surface area contributed by atoms with E-state index >= 15 is 0 Å². The van der Waals surface area contributed by atoms with Crippen molar-refractivity contribution in [2.24, 2.45) is 0 Å². The van der Waals surface area contributed by atoms with Crippen LogP contribution in [0.25, 0.3) is 0 Å². The first kappa shape index (κ1) is 12.4. The number of rotatable bonds is 5. The van der Waals surface area contributed by atoms with Crippen LogP contribution in [0.1, 0.15) is 13.8 Å². The average molecular weight is 225 g/mol. The third kappa shape index (κ3) is 3.76. The van der Waals surface area contributed by atoms with Crippen LogP contribution in [0.5, 0.6) is 0 Å². The van der Waals surface area contributed by atoms with Gasteiger partial charge in [0.1, 0.15) is 0 Å². The van der Waals surface area contributed by atoms with Crippen molar-refractivity contribution in [3.63, 3.8) is 0 Å². The predicted molar refractivity (Wildman–Crippen MR) is 67.8 cm³/mol. The molecule has 2 nitrogen and oxygen atoms in total. The van der Waals surface area contributed by atoms with E-state index in [2.05, 4.69) is 49.7 Å². The topological polar surface area (TPSA) is 21.3 Å². The van der Waals surface area contributed by atoms with Gasteiger partial charge in [-0.25, -0.2) is 0 Å². The smallest absolute Gasteiger partial charge is 0.0741 e. The maximum Gasteiger partial charge on any atom is 0.0741 e. The molecule has 1 aromatic carbocycles. The normalized spacial score (nSPS) is 14.7. The van der Waals surface area contributed by atoms with Crippen LogP contribution < -0.4 is 5.32 Å².